The van der Waals surface area contributed by atoms with Gasteiger partial charge in [-0.1, -0.05) is 11.6 Å². The second-order valence-corrected chi connectivity index (χ2v) is 4.75. The molecule has 1 aromatic rings. The van der Waals surface area contributed by atoms with E-state index in [2.05, 4.69) is 5.32 Å². The molecule has 19 heavy (non-hydrogen) atoms. The number of ether oxygens (including phenoxy) is 1. The number of nitrogens with zero attached hydrogens (tertiary/aromatic N) is 1. The van der Waals surface area contributed by atoms with E-state index in [1.54, 1.807) is 18.2 Å². The van der Waals surface area contributed by atoms with E-state index in [-0.39, 0.29) is 0 Å². The smallest absolute Gasteiger partial charge is 0.313 e. The van der Waals surface area contributed by atoms with E-state index in [1.165, 1.54) is 4.90 Å². The van der Waals surface area contributed by atoms with Crippen molar-refractivity contribution in [2.24, 2.45) is 0 Å². The normalized spacial score (nSPS) is 15.2. The van der Waals surface area contributed by atoms with Crippen molar-refractivity contribution in [3.63, 3.8) is 0 Å². The van der Waals surface area contributed by atoms with Gasteiger partial charge >= 0.3 is 11.8 Å². The monoisotopic (exact) mass is 282 g/mol. The van der Waals surface area contributed by atoms with Crippen LogP contribution in [-0.2, 0) is 14.3 Å². The van der Waals surface area contributed by atoms with Crippen LogP contribution >= 0.6 is 11.6 Å². The van der Waals surface area contributed by atoms with Crippen LogP contribution in [0, 0.1) is 6.92 Å². The van der Waals surface area contributed by atoms with Crippen LogP contribution in [0.4, 0.5) is 5.69 Å². The van der Waals surface area contributed by atoms with Crippen molar-refractivity contribution >= 4 is 29.1 Å². The van der Waals surface area contributed by atoms with Crippen molar-refractivity contribution in [2.45, 2.75) is 6.92 Å². The second-order valence-electron chi connectivity index (χ2n) is 4.32. The second kappa shape index (κ2) is 6.04. The van der Waals surface area contributed by atoms with Gasteiger partial charge in [0.15, 0.2) is 0 Å². The van der Waals surface area contributed by atoms with Crippen molar-refractivity contribution in [1.29, 1.82) is 0 Å². The van der Waals surface area contributed by atoms with Gasteiger partial charge in [0.2, 0.25) is 0 Å². The van der Waals surface area contributed by atoms with Gasteiger partial charge in [-0.05, 0) is 30.7 Å². The van der Waals surface area contributed by atoms with Crippen LogP contribution in [0.15, 0.2) is 18.2 Å². The summed E-state index contributed by atoms with van der Waals surface area (Å²) in [6.07, 6.45) is 0. The van der Waals surface area contributed by atoms with E-state index in [0.717, 1.165) is 5.56 Å². The Labute approximate surface area is 116 Å². The summed E-state index contributed by atoms with van der Waals surface area (Å²) in [5, 5.41) is 3.20. The molecule has 1 saturated heterocycles. The van der Waals surface area contributed by atoms with E-state index in [9.17, 15) is 9.59 Å². The van der Waals surface area contributed by atoms with Gasteiger partial charge in [0.25, 0.3) is 0 Å². The third-order valence-corrected chi connectivity index (χ3v) is 3.16. The Balaban J connectivity index is 2.01. The minimum atomic E-state index is -0.632. The highest BCUT2D eigenvalue weighted by atomic mass is 35.5. The first kappa shape index (κ1) is 13.8. The van der Waals surface area contributed by atoms with Gasteiger partial charge in [-0.25, -0.2) is 0 Å². The third-order valence-electron chi connectivity index (χ3n) is 2.93. The predicted molar refractivity (Wildman–Crippen MR) is 72.2 cm³/mol. The number of morpholine rings is 1. The van der Waals surface area contributed by atoms with E-state index in [1.807, 2.05) is 6.92 Å². The lowest BCUT2D eigenvalue weighted by atomic mass is 10.2. The van der Waals surface area contributed by atoms with Crippen molar-refractivity contribution in [2.75, 3.05) is 31.6 Å². The zero-order valence-corrected chi connectivity index (χ0v) is 11.4. The molecule has 0 saturated carbocycles. The highest BCUT2D eigenvalue weighted by Gasteiger charge is 2.23. The van der Waals surface area contributed by atoms with Crippen LogP contribution in [0.3, 0.4) is 0 Å². The first-order chi connectivity index (χ1) is 9.08. The lowest BCUT2D eigenvalue weighted by Crippen LogP contribution is -2.45. The van der Waals surface area contributed by atoms with Gasteiger partial charge in [0, 0.05) is 23.8 Å². The van der Waals surface area contributed by atoms with Crippen LogP contribution in [0.2, 0.25) is 5.02 Å². The Hall–Kier alpha value is -1.59. The predicted octanol–water partition coefficient (Wildman–Crippen LogP) is 1.45. The van der Waals surface area contributed by atoms with Gasteiger partial charge in [-0.3, -0.25) is 9.59 Å². The molecular formula is C13H15ClN2O3. The number of aryl methyl sites for hydroxylation is 1. The summed E-state index contributed by atoms with van der Waals surface area (Å²) < 4.78 is 5.14. The van der Waals surface area contributed by atoms with E-state index >= 15 is 0 Å². The molecule has 6 heteroatoms. The summed E-state index contributed by atoms with van der Waals surface area (Å²) in [4.78, 5) is 25.3. The zero-order valence-electron chi connectivity index (χ0n) is 10.6. The highest BCUT2D eigenvalue weighted by Crippen LogP contribution is 2.19. The molecule has 0 radical (unpaired) electrons. The SMILES string of the molecule is Cc1cc(Cl)ccc1NC(=O)C(=O)N1CCOCC1. The maximum Gasteiger partial charge on any atom is 0.313 e. The summed E-state index contributed by atoms with van der Waals surface area (Å²) in [5.41, 5.74) is 1.41. The minimum Gasteiger partial charge on any atom is -0.378 e. The molecular weight excluding hydrogens is 268 g/mol. The lowest BCUT2D eigenvalue weighted by molar-refractivity contribution is -0.145. The summed E-state index contributed by atoms with van der Waals surface area (Å²) in [6, 6.07) is 5.09. The molecule has 0 unspecified atom stereocenters. The van der Waals surface area contributed by atoms with E-state index < -0.39 is 11.8 Å². The number of amides is 2. The highest BCUT2D eigenvalue weighted by molar-refractivity contribution is 6.39. The van der Waals surface area contributed by atoms with Crippen molar-refractivity contribution in [1.82, 2.24) is 4.90 Å². The van der Waals surface area contributed by atoms with Gasteiger partial charge < -0.3 is 15.0 Å². The topological polar surface area (TPSA) is 58.6 Å². The van der Waals surface area contributed by atoms with Crippen molar-refractivity contribution in [3.8, 4) is 0 Å². The molecule has 0 spiro atoms. The molecule has 2 rings (SSSR count). The van der Waals surface area contributed by atoms with Gasteiger partial charge in [0.05, 0.1) is 13.2 Å². The number of carbonyl (C=O) groups excluding carboxylic acids is 2. The molecule has 0 aliphatic carbocycles. The first-order valence-corrected chi connectivity index (χ1v) is 6.40. The number of rotatable bonds is 1. The maximum absolute atomic E-state index is 11.9. The molecule has 0 atom stereocenters. The summed E-state index contributed by atoms with van der Waals surface area (Å²) in [7, 11) is 0. The summed E-state index contributed by atoms with van der Waals surface area (Å²) in [5.74, 6) is -1.16. The van der Waals surface area contributed by atoms with Crippen LogP contribution < -0.4 is 5.32 Å². The molecule has 1 fully saturated rings. The van der Waals surface area contributed by atoms with Crippen molar-refractivity contribution < 1.29 is 14.3 Å². The Morgan fingerprint density at radius 3 is 2.63 bits per heavy atom. The maximum atomic E-state index is 11.9. The fraction of sp³-hybridized carbons (Fsp3) is 0.385. The van der Waals surface area contributed by atoms with Gasteiger partial charge in [0.1, 0.15) is 0 Å². The minimum absolute atomic E-state index is 0.450. The largest absolute Gasteiger partial charge is 0.378 e. The van der Waals surface area contributed by atoms with Crippen molar-refractivity contribution in [3.05, 3.63) is 28.8 Å². The summed E-state index contributed by atoms with van der Waals surface area (Å²) >= 11 is 5.84. The molecule has 1 heterocycles. The quantitative estimate of drug-likeness (QED) is 0.793. The molecule has 1 aliphatic heterocycles. The number of carbonyl (C=O) groups is 2. The van der Waals surface area contributed by atoms with E-state index in [0.29, 0.717) is 37.0 Å². The molecule has 0 bridgehead atoms. The molecule has 5 nitrogen and oxygen atoms in total. The third kappa shape index (κ3) is 3.45. The molecule has 102 valence electrons. The van der Waals surface area contributed by atoms with Crippen LogP contribution in [0.25, 0.3) is 0 Å². The fourth-order valence-electron chi connectivity index (χ4n) is 1.85. The number of halogens is 1. The number of anilines is 1. The number of hydrogen-bond donors (Lipinski definition) is 1. The standard InChI is InChI=1S/C13H15ClN2O3/c1-9-8-10(14)2-3-11(9)15-12(17)13(18)16-4-6-19-7-5-16/h2-3,8H,4-7H2,1H3,(H,15,17). The first-order valence-electron chi connectivity index (χ1n) is 6.02. The summed E-state index contributed by atoms with van der Waals surface area (Å²) in [6.45, 7) is 3.66. The Kier molecular flexibility index (Phi) is 4.39. The number of benzene rings is 1. The molecule has 1 N–H and O–H groups in total. The van der Waals surface area contributed by atoms with Crippen LogP contribution in [0.1, 0.15) is 5.56 Å². The Morgan fingerprint density at radius 1 is 1.32 bits per heavy atom. The Morgan fingerprint density at radius 2 is 2.00 bits per heavy atom. The fourth-order valence-corrected chi connectivity index (χ4v) is 2.08. The lowest BCUT2D eigenvalue weighted by Gasteiger charge is -2.26. The van der Waals surface area contributed by atoms with Crippen LogP contribution in [-0.4, -0.2) is 43.0 Å². The number of hydrogen-bond acceptors (Lipinski definition) is 3. The van der Waals surface area contributed by atoms with Gasteiger partial charge in [-0.2, -0.15) is 0 Å². The number of nitrogens with one attached hydrogen (secondary N) is 1. The Bertz CT molecular complexity index is 499. The van der Waals surface area contributed by atoms with Crippen LogP contribution in [0.5, 0.6) is 0 Å². The van der Waals surface area contributed by atoms with E-state index in [4.69, 9.17) is 16.3 Å². The average Bonchev–Trinajstić information content (AvgIpc) is 2.42. The molecule has 1 aromatic carbocycles. The average molecular weight is 283 g/mol. The molecule has 1 aliphatic rings. The van der Waals surface area contributed by atoms with Gasteiger partial charge in [-0.15, -0.1) is 0 Å². The molecule has 2 amide bonds. The zero-order chi connectivity index (χ0) is 13.8. The molecule has 0 aromatic heterocycles.